The van der Waals surface area contributed by atoms with Crippen LogP contribution in [0.15, 0.2) is 42.5 Å². The van der Waals surface area contributed by atoms with Gasteiger partial charge in [-0.2, -0.15) is 0 Å². The van der Waals surface area contributed by atoms with Crippen molar-refractivity contribution in [2.45, 2.75) is 82.7 Å². The van der Waals surface area contributed by atoms with Crippen LogP contribution in [0.3, 0.4) is 0 Å². The van der Waals surface area contributed by atoms with Gasteiger partial charge in [0.15, 0.2) is 0 Å². The van der Waals surface area contributed by atoms with Gasteiger partial charge < -0.3 is 0 Å². The molecule has 0 aromatic heterocycles. The van der Waals surface area contributed by atoms with Crippen molar-refractivity contribution >= 4 is 7.92 Å². The first-order chi connectivity index (χ1) is 11.6. The minimum absolute atomic E-state index is 0.0550. The van der Waals surface area contributed by atoms with E-state index in [2.05, 4.69) is 56.3 Å². The van der Waals surface area contributed by atoms with E-state index in [4.69, 9.17) is 0 Å². The van der Waals surface area contributed by atoms with Crippen molar-refractivity contribution in [2.24, 2.45) is 11.8 Å². The third-order valence-corrected chi connectivity index (χ3v) is 10.9. The van der Waals surface area contributed by atoms with Crippen molar-refractivity contribution in [3.8, 4) is 0 Å². The molecule has 0 bridgehead atoms. The summed E-state index contributed by atoms with van der Waals surface area (Å²) >= 11 is 0. The molecule has 1 aromatic rings. The van der Waals surface area contributed by atoms with Gasteiger partial charge in [-0.25, -0.2) is 0 Å². The number of rotatable bonds is 4. The summed E-state index contributed by atoms with van der Waals surface area (Å²) in [4.78, 5) is 0. The number of allylic oxidation sites excluding steroid dienone is 2. The van der Waals surface area contributed by atoms with Crippen LogP contribution in [0.2, 0.25) is 0 Å². The van der Waals surface area contributed by atoms with Crippen LogP contribution in [0, 0.1) is 11.8 Å². The lowest BCUT2D eigenvalue weighted by molar-refractivity contribution is 0.247. The zero-order chi connectivity index (χ0) is 17.2. The van der Waals surface area contributed by atoms with Gasteiger partial charge in [0, 0.05) is 0 Å². The van der Waals surface area contributed by atoms with Crippen molar-refractivity contribution < 1.29 is 0 Å². The molecule has 2 saturated carbocycles. The molecular formula is C23H35P. The predicted octanol–water partition coefficient (Wildman–Crippen LogP) is 7.38. The molecule has 3 aliphatic carbocycles. The molecule has 2 fully saturated rings. The summed E-state index contributed by atoms with van der Waals surface area (Å²) in [6.45, 7) is 9.11. The molecule has 0 N–H and O–H groups in total. The Morgan fingerprint density at radius 3 is 2.29 bits per heavy atom. The molecule has 3 aliphatic rings. The van der Waals surface area contributed by atoms with Crippen LogP contribution in [-0.4, -0.2) is 10.3 Å². The summed E-state index contributed by atoms with van der Waals surface area (Å²) in [7, 11) is 0.0550. The van der Waals surface area contributed by atoms with Gasteiger partial charge in [0.25, 0.3) is 0 Å². The second-order valence-corrected chi connectivity index (χ2v) is 11.5. The highest BCUT2D eigenvalue weighted by Crippen LogP contribution is 2.77. The quantitative estimate of drug-likeness (QED) is 0.395. The topological polar surface area (TPSA) is 0 Å². The average molecular weight is 343 g/mol. The van der Waals surface area contributed by atoms with E-state index >= 15 is 0 Å². The van der Waals surface area contributed by atoms with Crippen LogP contribution < -0.4 is 0 Å². The number of fused-ring (bicyclic) bond motifs is 1. The highest BCUT2D eigenvalue weighted by molar-refractivity contribution is 7.60. The van der Waals surface area contributed by atoms with Crippen LogP contribution in [0.5, 0.6) is 0 Å². The fourth-order valence-electron chi connectivity index (χ4n) is 5.56. The SMILES string of the molecule is CC.CC1CC2CCC2(P(Cc2ccccc2)C2(C)CC=CC2)C1. The van der Waals surface area contributed by atoms with E-state index in [-0.39, 0.29) is 7.92 Å². The molecule has 0 saturated heterocycles. The minimum Gasteiger partial charge on any atom is -0.0888 e. The lowest BCUT2D eigenvalue weighted by Crippen LogP contribution is -2.46. The molecule has 1 heteroatoms. The summed E-state index contributed by atoms with van der Waals surface area (Å²) in [6, 6.07) is 11.3. The van der Waals surface area contributed by atoms with Crippen molar-refractivity contribution in [1.82, 2.24) is 0 Å². The van der Waals surface area contributed by atoms with Gasteiger partial charge in [-0.1, -0.05) is 78.1 Å². The lowest BCUT2D eigenvalue weighted by Gasteiger charge is -2.56. The second kappa shape index (κ2) is 7.33. The van der Waals surface area contributed by atoms with E-state index in [0.29, 0.717) is 5.16 Å². The molecule has 4 atom stereocenters. The van der Waals surface area contributed by atoms with Crippen LogP contribution in [0.25, 0.3) is 0 Å². The van der Waals surface area contributed by atoms with Crippen LogP contribution in [0.1, 0.15) is 71.8 Å². The minimum atomic E-state index is 0.0550. The molecule has 4 unspecified atom stereocenters. The molecule has 132 valence electrons. The Balaban J connectivity index is 0.000000815. The first-order valence-electron chi connectivity index (χ1n) is 10.1. The molecule has 0 spiro atoms. The number of hydrogen-bond donors (Lipinski definition) is 0. The Morgan fingerprint density at radius 1 is 1.08 bits per heavy atom. The highest BCUT2D eigenvalue weighted by atomic mass is 31.1. The average Bonchev–Trinajstić information content (AvgIpc) is 3.13. The Labute approximate surface area is 150 Å². The van der Waals surface area contributed by atoms with Gasteiger partial charge in [-0.15, -0.1) is 0 Å². The lowest BCUT2D eigenvalue weighted by atomic mass is 9.75. The first-order valence-corrected chi connectivity index (χ1v) is 11.6. The third kappa shape index (κ3) is 3.12. The molecule has 0 radical (unpaired) electrons. The largest absolute Gasteiger partial charge is 0.0888 e. The van der Waals surface area contributed by atoms with Crippen LogP contribution >= 0.6 is 7.92 Å². The summed E-state index contributed by atoms with van der Waals surface area (Å²) < 4.78 is 0. The van der Waals surface area contributed by atoms with Crippen molar-refractivity contribution in [2.75, 3.05) is 0 Å². The Morgan fingerprint density at radius 2 is 1.75 bits per heavy atom. The van der Waals surface area contributed by atoms with E-state index in [0.717, 1.165) is 17.0 Å². The summed E-state index contributed by atoms with van der Waals surface area (Å²) in [5, 5.41) is 1.29. The zero-order valence-corrected chi connectivity index (χ0v) is 17.0. The predicted molar refractivity (Wildman–Crippen MR) is 109 cm³/mol. The molecule has 0 amide bonds. The summed E-state index contributed by atoms with van der Waals surface area (Å²) in [6.07, 6.45) is 15.0. The highest BCUT2D eigenvalue weighted by Gasteiger charge is 2.59. The normalized spacial score (nSPS) is 34.0. The maximum Gasteiger partial charge on any atom is -0.00458 e. The number of benzene rings is 1. The van der Waals surface area contributed by atoms with E-state index in [9.17, 15) is 0 Å². The van der Waals surface area contributed by atoms with Crippen LogP contribution in [-0.2, 0) is 6.16 Å². The maximum atomic E-state index is 2.61. The fourth-order valence-corrected chi connectivity index (χ4v) is 10.2. The first kappa shape index (κ1) is 18.2. The zero-order valence-electron chi connectivity index (χ0n) is 16.1. The van der Waals surface area contributed by atoms with Crippen molar-refractivity contribution in [3.63, 3.8) is 0 Å². The smallest absolute Gasteiger partial charge is 0.00458 e. The van der Waals surface area contributed by atoms with Crippen molar-refractivity contribution in [1.29, 1.82) is 0 Å². The number of hydrogen-bond acceptors (Lipinski definition) is 0. The molecule has 0 heterocycles. The van der Waals surface area contributed by atoms with E-state index in [1.165, 1.54) is 44.7 Å². The van der Waals surface area contributed by atoms with Gasteiger partial charge in [0.2, 0.25) is 0 Å². The monoisotopic (exact) mass is 342 g/mol. The van der Waals surface area contributed by atoms with E-state index in [1.807, 2.05) is 13.8 Å². The Hall–Kier alpha value is -0.610. The van der Waals surface area contributed by atoms with E-state index in [1.54, 1.807) is 5.56 Å². The molecule has 1 aromatic carbocycles. The standard InChI is InChI=1S/C21H29P.C2H6/c1-17-14-19-10-13-21(19,15-17)22(20(2)11-6-7-12-20)16-18-8-4-3-5-9-18;1-2/h3-9,17,19H,10-16H2,1-2H3;1-2H3. The summed E-state index contributed by atoms with van der Waals surface area (Å²) in [5.74, 6) is 2.01. The van der Waals surface area contributed by atoms with Gasteiger partial charge in [-0.05, 0) is 72.4 Å². The molecular weight excluding hydrogens is 307 g/mol. The van der Waals surface area contributed by atoms with Gasteiger partial charge >= 0.3 is 0 Å². The van der Waals surface area contributed by atoms with E-state index < -0.39 is 0 Å². The third-order valence-electron chi connectivity index (χ3n) is 6.73. The summed E-state index contributed by atoms with van der Waals surface area (Å²) in [5.41, 5.74) is 1.58. The maximum absolute atomic E-state index is 2.61. The van der Waals surface area contributed by atoms with Gasteiger partial charge in [0.05, 0.1) is 0 Å². The molecule has 4 rings (SSSR count). The molecule has 0 aliphatic heterocycles. The Kier molecular flexibility index (Phi) is 5.55. The fraction of sp³-hybridized carbons (Fsp3) is 0.652. The van der Waals surface area contributed by atoms with Crippen LogP contribution in [0.4, 0.5) is 0 Å². The molecule has 0 nitrogen and oxygen atoms in total. The van der Waals surface area contributed by atoms with Crippen molar-refractivity contribution in [3.05, 3.63) is 48.0 Å². The van der Waals surface area contributed by atoms with Gasteiger partial charge in [0.1, 0.15) is 0 Å². The molecule has 24 heavy (non-hydrogen) atoms. The Bertz CT molecular complexity index is 553. The van der Waals surface area contributed by atoms with Gasteiger partial charge in [-0.3, -0.25) is 0 Å². The second-order valence-electron chi connectivity index (χ2n) is 8.33.